The van der Waals surface area contributed by atoms with Crippen LogP contribution in [-0.4, -0.2) is 46.0 Å². The number of ketones is 1. The van der Waals surface area contributed by atoms with E-state index >= 15 is 0 Å². The molecule has 134 valence electrons. The fourth-order valence-corrected chi connectivity index (χ4v) is 2.69. The van der Waals surface area contributed by atoms with Gasteiger partial charge in [-0.1, -0.05) is 6.92 Å². The smallest absolute Gasteiger partial charge is 0.326 e. The van der Waals surface area contributed by atoms with Gasteiger partial charge in [0.15, 0.2) is 11.9 Å². The molecule has 2 unspecified atom stereocenters. The van der Waals surface area contributed by atoms with Crippen LogP contribution in [0.25, 0.3) is 0 Å². The van der Waals surface area contributed by atoms with Crippen LogP contribution in [0, 0.1) is 0 Å². The maximum atomic E-state index is 12.5. The normalized spacial score (nSPS) is 17.4. The number of fused-ring (bicyclic) bond motifs is 1. The summed E-state index contributed by atoms with van der Waals surface area (Å²) in [5.74, 6) is -2.84. The number of ether oxygens (including phenoxy) is 1. The molecule has 0 fully saturated rings. The Hall–Kier alpha value is -2.90. The van der Waals surface area contributed by atoms with Crippen LogP contribution in [0.4, 0.5) is 5.69 Å². The zero-order valence-corrected chi connectivity index (χ0v) is 13.9. The number of Topliss-reactive ketones (excluding diaryl/α,β-unsaturated/α-hetero) is 1. The molecule has 1 aromatic rings. The highest BCUT2D eigenvalue weighted by molar-refractivity contribution is 6.06. The predicted molar refractivity (Wildman–Crippen MR) is 86.9 cm³/mol. The van der Waals surface area contributed by atoms with E-state index in [-0.39, 0.29) is 30.5 Å². The molecule has 1 aromatic carbocycles. The highest BCUT2D eigenvalue weighted by atomic mass is 16.5. The lowest BCUT2D eigenvalue weighted by Crippen LogP contribution is -2.52. The second-order valence-electron chi connectivity index (χ2n) is 5.73. The molecule has 2 atom stereocenters. The van der Waals surface area contributed by atoms with Crippen molar-refractivity contribution in [2.75, 3.05) is 4.90 Å². The first kappa shape index (κ1) is 18.4. The van der Waals surface area contributed by atoms with E-state index in [0.29, 0.717) is 5.75 Å². The summed E-state index contributed by atoms with van der Waals surface area (Å²) in [7, 11) is 0. The zero-order chi connectivity index (χ0) is 18.7. The number of hydrogen-bond donors (Lipinski definition) is 2. The predicted octanol–water partition coefficient (Wildman–Crippen LogP) is 1.71. The van der Waals surface area contributed by atoms with Crippen molar-refractivity contribution in [1.29, 1.82) is 0 Å². The second-order valence-corrected chi connectivity index (χ2v) is 5.73. The number of aliphatic carboxylic acids is 2. The molecule has 8 heteroatoms. The highest BCUT2D eigenvalue weighted by Crippen LogP contribution is 2.37. The Morgan fingerprint density at radius 2 is 1.92 bits per heavy atom. The average Bonchev–Trinajstić information content (AvgIpc) is 2.56. The average molecular weight is 349 g/mol. The topological polar surface area (TPSA) is 121 Å². The minimum absolute atomic E-state index is 0.185. The minimum atomic E-state index is -1.15. The van der Waals surface area contributed by atoms with E-state index < -0.39 is 35.8 Å². The van der Waals surface area contributed by atoms with E-state index in [2.05, 4.69) is 0 Å². The van der Waals surface area contributed by atoms with Crippen LogP contribution in [-0.2, 0) is 14.4 Å². The van der Waals surface area contributed by atoms with E-state index in [0.717, 1.165) is 4.90 Å². The van der Waals surface area contributed by atoms with Gasteiger partial charge in [0.25, 0.3) is 5.91 Å². The Bertz CT molecular complexity index is 728. The Morgan fingerprint density at radius 3 is 2.48 bits per heavy atom. The summed E-state index contributed by atoms with van der Waals surface area (Å²) < 4.78 is 5.49. The van der Waals surface area contributed by atoms with Gasteiger partial charge >= 0.3 is 11.9 Å². The van der Waals surface area contributed by atoms with Gasteiger partial charge in [0.05, 0.1) is 12.1 Å². The Balaban J connectivity index is 2.44. The number of carbonyl (C=O) groups is 4. The summed E-state index contributed by atoms with van der Waals surface area (Å²) in [6.07, 6.45) is -1.15. The quantitative estimate of drug-likeness (QED) is 0.719. The Labute approximate surface area is 144 Å². The number of rotatable bonds is 7. The van der Waals surface area contributed by atoms with Crippen molar-refractivity contribution in [3.63, 3.8) is 0 Å². The van der Waals surface area contributed by atoms with Gasteiger partial charge in [-0.25, -0.2) is 4.79 Å². The lowest BCUT2D eigenvalue weighted by molar-refractivity contribution is -0.141. The molecular formula is C17H19NO7. The molecule has 0 radical (unpaired) electrons. The number of benzene rings is 1. The number of carbonyl (C=O) groups excluding carboxylic acids is 2. The molecule has 0 aromatic heterocycles. The molecule has 0 bridgehead atoms. The number of hydrogen-bond acceptors (Lipinski definition) is 5. The fraction of sp³-hybridized carbons (Fsp3) is 0.412. The number of nitrogens with zero attached hydrogens (tertiary/aromatic N) is 1. The molecule has 0 saturated heterocycles. The first-order chi connectivity index (χ1) is 11.8. The maximum Gasteiger partial charge on any atom is 0.326 e. The van der Waals surface area contributed by atoms with Gasteiger partial charge in [-0.05, 0) is 31.5 Å². The minimum Gasteiger partial charge on any atom is -0.481 e. The summed E-state index contributed by atoms with van der Waals surface area (Å²) in [5.41, 5.74) is 0.412. The number of carboxylic acids is 2. The standard InChI is InChI=1S/C17H19NO7/c1-3-11(17(23)24)18-12-8-10(13(19)5-7-15(20)21)4-6-14(12)25-9(2)16(18)22/h4,6,8-9,11H,3,5,7H2,1-2H3,(H,20,21)(H,23,24). The molecule has 0 aliphatic carbocycles. The van der Waals surface area contributed by atoms with Crippen molar-refractivity contribution >= 4 is 29.3 Å². The van der Waals surface area contributed by atoms with Gasteiger partial charge < -0.3 is 14.9 Å². The third kappa shape index (κ3) is 3.78. The molecular weight excluding hydrogens is 330 g/mol. The molecule has 1 heterocycles. The molecule has 25 heavy (non-hydrogen) atoms. The second kappa shape index (κ2) is 7.33. The molecule has 0 spiro atoms. The molecule has 1 aliphatic heterocycles. The van der Waals surface area contributed by atoms with Crippen molar-refractivity contribution in [1.82, 2.24) is 0 Å². The van der Waals surface area contributed by atoms with E-state index in [1.807, 2.05) is 0 Å². The number of amides is 1. The van der Waals surface area contributed by atoms with Gasteiger partial charge in [-0.15, -0.1) is 0 Å². The van der Waals surface area contributed by atoms with Crippen LogP contribution < -0.4 is 9.64 Å². The van der Waals surface area contributed by atoms with Crippen LogP contribution >= 0.6 is 0 Å². The van der Waals surface area contributed by atoms with Crippen LogP contribution in [0.3, 0.4) is 0 Å². The number of anilines is 1. The number of carboxylic acid groups (broad SMARTS) is 2. The van der Waals surface area contributed by atoms with E-state index in [1.54, 1.807) is 6.92 Å². The molecule has 1 amide bonds. The van der Waals surface area contributed by atoms with Crippen LogP contribution in [0.15, 0.2) is 18.2 Å². The van der Waals surface area contributed by atoms with Crippen molar-refractivity contribution < 1.29 is 34.1 Å². The van der Waals surface area contributed by atoms with E-state index in [1.165, 1.54) is 25.1 Å². The molecule has 2 N–H and O–H groups in total. The van der Waals surface area contributed by atoms with E-state index in [9.17, 15) is 24.3 Å². The third-order valence-corrected chi connectivity index (χ3v) is 3.98. The summed E-state index contributed by atoms with van der Waals surface area (Å²) in [4.78, 5) is 47.9. The SMILES string of the molecule is CCC(C(=O)O)N1C(=O)C(C)Oc2ccc(C(=O)CCC(=O)O)cc21. The largest absolute Gasteiger partial charge is 0.481 e. The summed E-state index contributed by atoms with van der Waals surface area (Å²) in [5, 5.41) is 18.1. The van der Waals surface area contributed by atoms with Crippen LogP contribution in [0.5, 0.6) is 5.75 Å². The summed E-state index contributed by atoms with van der Waals surface area (Å²) in [6.45, 7) is 3.17. The first-order valence-corrected chi connectivity index (χ1v) is 7.87. The first-order valence-electron chi connectivity index (χ1n) is 7.87. The van der Waals surface area contributed by atoms with Crippen molar-refractivity contribution in [3.05, 3.63) is 23.8 Å². The molecule has 2 rings (SSSR count). The monoisotopic (exact) mass is 349 g/mol. The zero-order valence-electron chi connectivity index (χ0n) is 13.9. The van der Waals surface area contributed by atoms with Crippen molar-refractivity contribution in [2.45, 2.75) is 45.3 Å². The van der Waals surface area contributed by atoms with Gasteiger partial charge in [0, 0.05) is 12.0 Å². The summed E-state index contributed by atoms with van der Waals surface area (Å²) >= 11 is 0. The fourth-order valence-electron chi connectivity index (χ4n) is 2.69. The third-order valence-electron chi connectivity index (χ3n) is 3.98. The molecule has 0 saturated carbocycles. The lowest BCUT2D eigenvalue weighted by Gasteiger charge is -2.36. The molecule has 8 nitrogen and oxygen atoms in total. The van der Waals surface area contributed by atoms with Crippen LogP contribution in [0.1, 0.15) is 43.5 Å². The van der Waals surface area contributed by atoms with Gasteiger partial charge in [0.1, 0.15) is 11.8 Å². The Kier molecular flexibility index (Phi) is 5.41. The molecule has 1 aliphatic rings. The van der Waals surface area contributed by atoms with Crippen molar-refractivity contribution in [3.8, 4) is 5.75 Å². The van der Waals surface area contributed by atoms with Crippen LogP contribution in [0.2, 0.25) is 0 Å². The maximum absolute atomic E-state index is 12.5. The Morgan fingerprint density at radius 1 is 1.24 bits per heavy atom. The highest BCUT2D eigenvalue weighted by Gasteiger charge is 2.38. The van der Waals surface area contributed by atoms with Gasteiger partial charge in [-0.2, -0.15) is 0 Å². The van der Waals surface area contributed by atoms with Gasteiger partial charge in [0.2, 0.25) is 0 Å². The van der Waals surface area contributed by atoms with Crippen molar-refractivity contribution in [2.24, 2.45) is 0 Å². The summed E-state index contributed by atoms with van der Waals surface area (Å²) in [6, 6.07) is 3.27. The van der Waals surface area contributed by atoms with Gasteiger partial charge in [-0.3, -0.25) is 19.3 Å². The lowest BCUT2D eigenvalue weighted by atomic mass is 10.0. The van der Waals surface area contributed by atoms with E-state index in [4.69, 9.17) is 9.84 Å².